The van der Waals surface area contributed by atoms with E-state index in [1.807, 2.05) is 4.90 Å². The molecule has 1 saturated heterocycles. The Morgan fingerprint density at radius 3 is 2.67 bits per heavy atom. The highest BCUT2D eigenvalue weighted by Gasteiger charge is 2.35. The summed E-state index contributed by atoms with van der Waals surface area (Å²) in [5, 5.41) is 14.1. The molecule has 1 amide bonds. The normalized spacial score (nSPS) is 22.8. The van der Waals surface area contributed by atoms with Crippen molar-refractivity contribution in [1.29, 1.82) is 0 Å². The highest BCUT2D eigenvalue weighted by Crippen LogP contribution is 2.35. The highest BCUT2D eigenvalue weighted by molar-refractivity contribution is 7.90. The van der Waals surface area contributed by atoms with Gasteiger partial charge in [-0.3, -0.25) is 14.9 Å². The number of rotatable bonds is 5. The zero-order valence-electron chi connectivity index (χ0n) is 15.4. The molecule has 1 aliphatic heterocycles. The molecule has 2 aliphatic rings. The van der Waals surface area contributed by atoms with Gasteiger partial charge >= 0.3 is 0 Å². The van der Waals surface area contributed by atoms with Crippen molar-refractivity contribution < 1.29 is 18.1 Å². The standard InChI is InChI=1S/C18H25N3O5S/c1-27(25,26)14-8-9-15(17(11-14)21(23)24)19-12-18(22)20-10-4-6-13-5-2-3-7-16(13)20/h8-9,11,13,16,19H,2-7,10,12H2,1H3/t13-,16+/m1/s1. The number of sulfone groups is 1. The molecule has 2 fully saturated rings. The number of nitro groups is 1. The van der Waals surface area contributed by atoms with E-state index in [1.165, 1.54) is 31.4 Å². The van der Waals surface area contributed by atoms with E-state index in [0.29, 0.717) is 5.92 Å². The zero-order valence-corrected chi connectivity index (χ0v) is 16.2. The van der Waals surface area contributed by atoms with Crippen molar-refractivity contribution >= 4 is 27.1 Å². The second-order valence-electron chi connectivity index (χ2n) is 7.40. The lowest BCUT2D eigenvalue weighted by Gasteiger charge is -2.44. The van der Waals surface area contributed by atoms with Crippen LogP contribution >= 0.6 is 0 Å². The van der Waals surface area contributed by atoms with Crippen molar-refractivity contribution in [3.05, 3.63) is 28.3 Å². The molecule has 0 radical (unpaired) electrons. The third-order valence-electron chi connectivity index (χ3n) is 5.59. The average molecular weight is 395 g/mol. The molecule has 0 spiro atoms. The first-order valence-corrected chi connectivity index (χ1v) is 11.2. The molecule has 27 heavy (non-hydrogen) atoms. The minimum atomic E-state index is -3.54. The lowest BCUT2D eigenvalue weighted by atomic mass is 9.78. The van der Waals surface area contributed by atoms with Crippen LogP contribution in [0, 0.1) is 16.0 Å². The van der Waals surface area contributed by atoms with Crippen molar-refractivity contribution in [2.24, 2.45) is 5.92 Å². The van der Waals surface area contributed by atoms with Gasteiger partial charge in [0, 0.05) is 24.9 Å². The lowest BCUT2D eigenvalue weighted by Crippen LogP contribution is -2.51. The Labute approximate surface area is 159 Å². The van der Waals surface area contributed by atoms with Crippen molar-refractivity contribution in [3.8, 4) is 0 Å². The number of benzene rings is 1. The number of likely N-dealkylation sites (tertiary alicyclic amines) is 1. The summed E-state index contributed by atoms with van der Waals surface area (Å²) in [6, 6.07) is 3.97. The van der Waals surface area contributed by atoms with Crippen LogP contribution in [-0.4, -0.2) is 49.5 Å². The van der Waals surface area contributed by atoms with Crippen molar-refractivity contribution in [2.45, 2.75) is 49.5 Å². The van der Waals surface area contributed by atoms with Gasteiger partial charge in [-0.25, -0.2) is 8.42 Å². The van der Waals surface area contributed by atoms with Crippen LogP contribution in [0.15, 0.2) is 23.1 Å². The zero-order chi connectivity index (χ0) is 19.6. The predicted molar refractivity (Wildman–Crippen MR) is 101 cm³/mol. The van der Waals surface area contributed by atoms with Gasteiger partial charge in [0.25, 0.3) is 5.69 Å². The molecule has 1 aromatic rings. The maximum absolute atomic E-state index is 12.7. The van der Waals surface area contributed by atoms with Crippen LogP contribution in [-0.2, 0) is 14.6 Å². The summed E-state index contributed by atoms with van der Waals surface area (Å²) in [5.74, 6) is 0.507. The first-order valence-electron chi connectivity index (χ1n) is 9.29. The van der Waals surface area contributed by atoms with Gasteiger partial charge in [0.2, 0.25) is 5.91 Å². The fraction of sp³-hybridized carbons (Fsp3) is 0.611. The molecule has 1 N–H and O–H groups in total. The minimum Gasteiger partial charge on any atom is -0.371 e. The molecule has 2 atom stereocenters. The number of amides is 1. The van der Waals surface area contributed by atoms with E-state index in [2.05, 4.69) is 5.32 Å². The van der Waals surface area contributed by atoms with Gasteiger partial charge < -0.3 is 10.2 Å². The van der Waals surface area contributed by atoms with Crippen molar-refractivity contribution in [2.75, 3.05) is 24.7 Å². The van der Waals surface area contributed by atoms with Gasteiger partial charge in [-0.2, -0.15) is 0 Å². The topological polar surface area (TPSA) is 110 Å². The number of nitro benzene ring substituents is 1. The van der Waals surface area contributed by atoms with Gasteiger partial charge in [-0.15, -0.1) is 0 Å². The van der Waals surface area contributed by atoms with E-state index in [-0.39, 0.29) is 34.8 Å². The third kappa shape index (κ3) is 4.40. The van der Waals surface area contributed by atoms with Crippen LogP contribution in [0.4, 0.5) is 11.4 Å². The van der Waals surface area contributed by atoms with Crippen molar-refractivity contribution in [1.82, 2.24) is 4.90 Å². The lowest BCUT2D eigenvalue weighted by molar-refractivity contribution is -0.384. The molecule has 1 aromatic carbocycles. The molecule has 0 bridgehead atoms. The van der Waals surface area contributed by atoms with Gasteiger partial charge in [-0.05, 0) is 43.7 Å². The van der Waals surface area contributed by atoms with Crippen molar-refractivity contribution in [3.63, 3.8) is 0 Å². The largest absolute Gasteiger partial charge is 0.371 e. The summed E-state index contributed by atoms with van der Waals surface area (Å²) in [6.07, 6.45) is 7.72. The van der Waals surface area contributed by atoms with Crippen LogP contribution in [0.2, 0.25) is 0 Å². The molecule has 8 nitrogen and oxygen atoms in total. The fourth-order valence-corrected chi connectivity index (χ4v) is 4.89. The number of carbonyl (C=O) groups excluding carboxylic acids is 1. The van der Waals surface area contributed by atoms with Crippen LogP contribution in [0.1, 0.15) is 38.5 Å². The third-order valence-corrected chi connectivity index (χ3v) is 6.70. The SMILES string of the molecule is CS(=O)(=O)c1ccc(NCC(=O)N2CCC[C@H]3CCCC[C@@H]32)c([N+](=O)[O-])c1. The monoisotopic (exact) mass is 395 g/mol. The molecule has 1 saturated carbocycles. The number of piperidine rings is 1. The first-order chi connectivity index (χ1) is 12.8. The summed E-state index contributed by atoms with van der Waals surface area (Å²) in [6.45, 7) is 0.694. The first kappa shape index (κ1) is 19.6. The highest BCUT2D eigenvalue weighted by atomic mass is 32.2. The number of nitrogens with zero attached hydrogens (tertiary/aromatic N) is 2. The molecule has 148 valence electrons. The van der Waals surface area contributed by atoms with Gasteiger partial charge in [0.1, 0.15) is 5.69 Å². The van der Waals surface area contributed by atoms with E-state index in [9.17, 15) is 23.3 Å². The maximum atomic E-state index is 12.7. The minimum absolute atomic E-state index is 0.0394. The Bertz CT molecular complexity index is 837. The predicted octanol–water partition coefficient (Wildman–Crippen LogP) is 2.59. The van der Waals surface area contributed by atoms with Crippen LogP contribution in [0.25, 0.3) is 0 Å². The van der Waals surface area contributed by atoms with E-state index >= 15 is 0 Å². The number of fused-ring (bicyclic) bond motifs is 1. The number of carbonyl (C=O) groups is 1. The van der Waals surface area contributed by atoms with Gasteiger partial charge in [0.05, 0.1) is 16.4 Å². The van der Waals surface area contributed by atoms with Gasteiger partial charge in [0.15, 0.2) is 9.84 Å². The Morgan fingerprint density at radius 2 is 1.96 bits per heavy atom. The Hall–Kier alpha value is -2.16. The smallest absolute Gasteiger partial charge is 0.293 e. The number of anilines is 1. The van der Waals surface area contributed by atoms with Crippen LogP contribution < -0.4 is 5.32 Å². The molecule has 3 rings (SSSR count). The summed E-state index contributed by atoms with van der Waals surface area (Å²) < 4.78 is 23.2. The van der Waals surface area contributed by atoms with E-state index < -0.39 is 14.8 Å². The molecular formula is C18H25N3O5S. The van der Waals surface area contributed by atoms with E-state index in [4.69, 9.17) is 0 Å². The van der Waals surface area contributed by atoms with E-state index in [1.54, 1.807) is 0 Å². The molecule has 9 heteroatoms. The molecule has 1 heterocycles. The Kier molecular flexibility index (Phi) is 5.69. The van der Waals surface area contributed by atoms with Crippen LogP contribution in [0.3, 0.4) is 0 Å². The summed E-state index contributed by atoms with van der Waals surface area (Å²) in [5.41, 5.74) is -0.196. The number of nitrogens with one attached hydrogen (secondary N) is 1. The Morgan fingerprint density at radius 1 is 1.26 bits per heavy atom. The average Bonchev–Trinajstić information content (AvgIpc) is 2.64. The molecule has 0 unspecified atom stereocenters. The quantitative estimate of drug-likeness (QED) is 0.606. The van der Waals surface area contributed by atoms with Gasteiger partial charge in [-0.1, -0.05) is 12.8 Å². The Balaban J connectivity index is 1.72. The summed E-state index contributed by atoms with van der Waals surface area (Å²) in [4.78, 5) is 25.2. The molecular weight excluding hydrogens is 370 g/mol. The van der Waals surface area contributed by atoms with Crippen LogP contribution in [0.5, 0.6) is 0 Å². The second-order valence-corrected chi connectivity index (χ2v) is 9.42. The number of hydrogen-bond acceptors (Lipinski definition) is 6. The molecule has 1 aliphatic carbocycles. The maximum Gasteiger partial charge on any atom is 0.293 e. The summed E-state index contributed by atoms with van der Waals surface area (Å²) in [7, 11) is -3.54. The van der Waals surface area contributed by atoms with E-state index in [0.717, 1.165) is 38.1 Å². The second kappa shape index (κ2) is 7.84. The fourth-order valence-electron chi connectivity index (χ4n) is 4.25. The number of hydrogen-bond donors (Lipinski definition) is 1. The molecule has 0 aromatic heterocycles. The summed E-state index contributed by atoms with van der Waals surface area (Å²) >= 11 is 0.